The van der Waals surface area contributed by atoms with Crippen LogP contribution in [0, 0.1) is 10.7 Å². The molecule has 0 saturated heterocycles. The van der Waals surface area contributed by atoms with Crippen LogP contribution >= 0.6 is 0 Å². The van der Waals surface area contributed by atoms with E-state index < -0.39 is 5.82 Å². The Morgan fingerprint density at radius 2 is 2.11 bits per heavy atom. The largest absolute Gasteiger partial charge is 0.497 e. The van der Waals surface area contributed by atoms with Gasteiger partial charge in [0.2, 0.25) is 5.88 Å². The molecule has 0 atom stereocenters. The van der Waals surface area contributed by atoms with Crippen molar-refractivity contribution in [3.63, 3.8) is 0 Å². The van der Waals surface area contributed by atoms with Gasteiger partial charge in [0.15, 0.2) is 12.5 Å². The lowest BCUT2D eigenvalue weighted by Crippen LogP contribution is -2.14. The molecule has 0 unspecified atom stereocenters. The molecule has 2 heterocycles. The van der Waals surface area contributed by atoms with Crippen LogP contribution in [0.5, 0.6) is 17.4 Å². The number of anilines is 1. The number of halogens is 1. The molecule has 0 aliphatic carbocycles. The first-order valence-corrected chi connectivity index (χ1v) is 11.3. The highest BCUT2D eigenvalue weighted by atomic mass is 19.1. The van der Waals surface area contributed by atoms with Crippen LogP contribution in [0.15, 0.2) is 65.9 Å². The SMILES string of the molecule is C/C=C(\Nc1ccc2c(N=O)c(O)n(Cc3cc(F)cc4c3OCOC4)c2c1)c1cccc(OC)c1. The van der Waals surface area contributed by atoms with Crippen LogP contribution in [-0.4, -0.2) is 23.6 Å². The van der Waals surface area contributed by atoms with Crippen molar-refractivity contribution in [2.45, 2.75) is 20.1 Å². The molecular formula is C27H24FN3O5. The van der Waals surface area contributed by atoms with Crippen LogP contribution in [0.4, 0.5) is 15.8 Å². The number of aromatic hydroxyl groups is 1. The molecule has 4 aromatic rings. The Hall–Kier alpha value is -4.37. The number of rotatable bonds is 7. The van der Waals surface area contributed by atoms with Crippen LogP contribution in [0.3, 0.4) is 0 Å². The average Bonchev–Trinajstić information content (AvgIpc) is 3.16. The Labute approximate surface area is 206 Å². The molecule has 2 N–H and O–H groups in total. The number of nitrogens with one attached hydrogen (secondary N) is 1. The van der Waals surface area contributed by atoms with Crippen LogP contribution in [0.1, 0.15) is 23.6 Å². The Kier molecular flexibility index (Phi) is 6.30. The van der Waals surface area contributed by atoms with E-state index in [0.29, 0.717) is 27.8 Å². The number of benzene rings is 3. The van der Waals surface area contributed by atoms with E-state index in [4.69, 9.17) is 14.2 Å². The number of allylic oxidation sites excluding steroid dienone is 1. The van der Waals surface area contributed by atoms with Gasteiger partial charge in [-0.1, -0.05) is 18.2 Å². The highest BCUT2D eigenvalue weighted by molar-refractivity contribution is 5.97. The van der Waals surface area contributed by atoms with Crippen LogP contribution in [0.2, 0.25) is 0 Å². The van der Waals surface area contributed by atoms with Gasteiger partial charge in [-0.2, -0.15) is 0 Å². The van der Waals surface area contributed by atoms with E-state index in [-0.39, 0.29) is 31.5 Å². The molecule has 0 saturated carbocycles. The summed E-state index contributed by atoms with van der Waals surface area (Å²) < 4.78 is 32.1. The summed E-state index contributed by atoms with van der Waals surface area (Å²) in [5, 5.41) is 17.8. The van der Waals surface area contributed by atoms with Crippen molar-refractivity contribution in [1.29, 1.82) is 0 Å². The third-order valence-corrected chi connectivity index (χ3v) is 6.13. The topological polar surface area (TPSA) is 94.3 Å². The van der Waals surface area contributed by atoms with Gasteiger partial charge in [0, 0.05) is 33.5 Å². The molecule has 1 aliphatic heterocycles. The Balaban J connectivity index is 1.56. The second-order valence-corrected chi connectivity index (χ2v) is 8.30. The van der Waals surface area contributed by atoms with Gasteiger partial charge >= 0.3 is 0 Å². The van der Waals surface area contributed by atoms with Crippen LogP contribution < -0.4 is 14.8 Å². The van der Waals surface area contributed by atoms with Crippen molar-refractivity contribution in [2.24, 2.45) is 5.18 Å². The van der Waals surface area contributed by atoms with Gasteiger partial charge in [0.25, 0.3) is 0 Å². The van der Waals surface area contributed by atoms with Crippen molar-refractivity contribution in [1.82, 2.24) is 4.57 Å². The number of hydrogen-bond acceptors (Lipinski definition) is 7. The molecule has 1 aromatic heterocycles. The maximum atomic E-state index is 14.3. The maximum Gasteiger partial charge on any atom is 0.222 e. The van der Waals surface area contributed by atoms with Crippen molar-refractivity contribution in [3.05, 3.63) is 88.1 Å². The summed E-state index contributed by atoms with van der Waals surface area (Å²) >= 11 is 0. The fraction of sp³-hybridized carbons (Fsp3) is 0.185. The predicted octanol–water partition coefficient (Wildman–Crippen LogP) is 6.28. The average molecular weight is 490 g/mol. The normalized spacial score (nSPS) is 13.2. The fourth-order valence-corrected chi connectivity index (χ4v) is 4.45. The van der Waals surface area contributed by atoms with E-state index in [9.17, 15) is 14.4 Å². The highest BCUT2D eigenvalue weighted by Gasteiger charge is 2.22. The summed E-state index contributed by atoms with van der Waals surface area (Å²) in [6, 6.07) is 15.7. The minimum atomic E-state index is -0.444. The lowest BCUT2D eigenvalue weighted by atomic mass is 10.1. The number of hydrogen-bond donors (Lipinski definition) is 2. The van der Waals surface area contributed by atoms with Gasteiger partial charge in [-0.15, -0.1) is 4.91 Å². The summed E-state index contributed by atoms with van der Waals surface area (Å²) in [4.78, 5) is 11.6. The van der Waals surface area contributed by atoms with Gasteiger partial charge < -0.3 is 29.2 Å². The molecular weight excluding hydrogens is 465 g/mol. The van der Waals surface area contributed by atoms with Crippen molar-refractivity contribution < 1.29 is 23.7 Å². The van der Waals surface area contributed by atoms with Gasteiger partial charge in [-0.05, 0) is 54.6 Å². The fourth-order valence-electron chi connectivity index (χ4n) is 4.45. The molecule has 0 spiro atoms. The van der Waals surface area contributed by atoms with Crippen molar-refractivity contribution in [2.75, 3.05) is 19.2 Å². The highest BCUT2D eigenvalue weighted by Crippen LogP contribution is 2.41. The first kappa shape index (κ1) is 23.4. The van der Waals surface area contributed by atoms with E-state index in [1.165, 1.54) is 16.7 Å². The summed E-state index contributed by atoms with van der Waals surface area (Å²) in [6.45, 7) is 2.26. The van der Waals surface area contributed by atoms with Crippen molar-refractivity contribution >= 4 is 28.0 Å². The molecule has 36 heavy (non-hydrogen) atoms. The van der Waals surface area contributed by atoms with E-state index in [1.807, 2.05) is 43.3 Å². The number of fused-ring (bicyclic) bond motifs is 2. The summed E-state index contributed by atoms with van der Waals surface area (Å²) in [6.07, 6.45) is 1.94. The first-order valence-electron chi connectivity index (χ1n) is 11.3. The van der Waals surface area contributed by atoms with Gasteiger partial charge in [-0.3, -0.25) is 0 Å². The minimum absolute atomic E-state index is 0.0512. The standard InChI is InChI=1S/C27H24FN3O5/c1-3-23(16-5-4-6-21(11-16)34-2)29-20-7-8-22-24(12-20)31(27(32)25(22)30-33)13-17-9-19(28)10-18-14-35-15-36-26(17)18/h3-12,29,32H,13-15H2,1-2H3/b23-3-. The number of nitroso groups, excluding NO2 is 1. The van der Waals surface area contributed by atoms with E-state index in [0.717, 1.165) is 22.7 Å². The van der Waals surface area contributed by atoms with E-state index in [1.54, 1.807) is 19.2 Å². The molecule has 0 bridgehead atoms. The molecule has 5 rings (SSSR count). The summed E-state index contributed by atoms with van der Waals surface area (Å²) in [7, 11) is 1.61. The quantitative estimate of drug-likeness (QED) is 0.297. The molecule has 0 radical (unpaired) electrons. The van der Waals surface area contributed by atoms with E-state index >= 15 is 0 Å². The number of ether oxygens (including phenoxy) is 3. The third kappa shape index (κ3) is 4.25. The molecule has 0 amide bonds. The molecule has 1 aliphatic rings. The molecule has 3 aromatic carbocycles. The second kappa shape index (κ2) is 9.71. The lowest BCUT2D eigenvalue weighted by molar-refractivity contribution is -0.0173. The van der Waals surface area contributed by atoms with Crippen LogP contribution in [-0.2, 0) is 17.9 Å². The van der Waals surface area contributed by atoms with Crippen molar-refractivity contribution in [3.8, 4) is 17.4 Å². The molecule has 184 valence electrons. The zero-order valence-corrected chi connectivity index (χ0v) is 19.7. The van der Waals surface area contributed by atoms with Gasteiger partial charge in [-0.25, -0.2) is 4.39 Å². The van der Waals surface area contributed by atoms with Crippen LogP contribution in [0.25, 0.3) is 16.6 Å². The Morgan fingerprint density at radius 3 is 2.89 bits per heavy atom. The zero-order chi connectivity index (χ0) is 25.2. The zero-order valence-electron chi connectivity index (χ0n) is 19.7. The summed E-state index contributed by atoms with van der Waals surface area (Å²) in [5.74, 6) is 0.492. The van der Waals surface area contributed by atoms with Gasteiger partial charge in [0.05, 0.1) is 25.8 Å². The molecule has 9 heteroatoms. The third-order valence-electron chi connectivity index (χ3n) is 6.13. The van der Waals surface area contributed by atoms with E-state index in [2.05, 4.69) is 10.5 Å². The van der Waals surface area contributed by atoms with Gasteiger partial charge in [0.1, 0.15) is 17.3 Å². The Morgan fingerprint density at radius 1 is 1.25 bits per heavy atom. The molecule has 8 nitrogen and oxygen atoms in total. The second-order valence-electron chi connectivity index (χ2n) is 8.30. The number of methoxy groups -OCH3 is 1. The smallest absolute Gasteiger partial charge is 0.222 e. The lowest BCUT2D eigenvalue weighted by Gasteiger charge is -2.21. The maximum absolute atomic E-state index is 14.3. The minimum Gasteiger partial charge on any atom is -0.497 e. The Bertz CT molecular complexity index is 1490. The first-order chi connectivity index (χ1) is 17.5. The number of nitrogens with zero attached hydrogens (tertiary/aromatic N) is 2. The molecule has 0 fully saturated rings. The number of aromatic nitrogens is 1. The monoisotopic (exact) mass is 489 g/mol. The predicted molar refractivity (Wildman–Crippen MR) is 135 cm³/mol. The summed E-state index contributed by atoms with van der Waals surface area (Å²) in [5.41, 5.74) is 4.07.